The lowest BCUT2D eigenvalue weighted by Crippen LogP contribution is -2.39. The summed E-state index contributed by atoms with van der Waals surface area (Å²) in [6.45, 7) is 2.05. The topological polar surface area (TPSA) is 82.8 Å². The molecule has 0 fully saturated rings. The van der Waals surface area contributed by atoms with E-state index < -0.39 is 18.2 Å². The molecule has 1 N–H and O–H groups in total. The maximum atomic E-state index is 12.0. The van der Waals surface area contributed by atoms with Crippen molar-refractivity contribution in [1.29, 1.82) is 5.26 Å². The number of rotatable bonds is 4. The Hall–Kier alpha value is -3.98. The molecule has 2 unspecified atom stereocenters. The summed E-state index contributed by atoms with van der Waals surface area (Å²) in [5.74, 6) is 0.266. The summed E-state index contributed by atoms with van der Waals surface area (Å²) in [5, 5.41) is 20.5. The van der Waals surface area contributed by atoms with Crippen LogP contribution >= 0.6 is 0 Å². The van der Waals surface area contributed by atoms with Gasteiger partial charge in [0.25, 0.3) is 0 Å². The van der Waals surface area contributed by atoms with Crippen molar-refractivity contribution in [3.63, 3.8) is 0 Å². The van der Waals surface area contributed by atoms with Gasteiger partial charge in [0.2, 0.25) is 6.23 Å². The quantitative estimate of drug-likeness (QED) is 0.638. The summed E-state index contributed by atoms with van der Waals surface area (Å²) in [7, 11) is 0. The van der Waals surface area contributed by atoms with Crippen LogP contribution in [0.5, 0.6) is 11.5 Å². The third-order valence-corrected chi connectivity index (χ3v) is 4.98. The summed E-state index contributed by atoms with van der Waals surface area (Å²) in [5.41, 5.74) is 2.38. The van der Waals surface area contributed by atoms with Crippen molar-refractivity contribution in [1.82, 2.24) is 0 Å². The Morgan fingerprint density at radius 2 is 1.73 bits per heavy atom. The number of hydrogen-bond donors (Lipinski definition) is 1. The van der Waals surface area contributed by atoms with E-state index >= 15 is 0 Å². The molecule has 0 spiro atoms. The van der Waals surface area contributed by atoms with Gasteiger partial charge in [0.05, 0.1) is 23.8 Å². The molecule has 3 aromatic rings. The number of fused-ring (bicyclic) bond motifs is 1. The van der Waals surface area contributed by atoms with Crippen LogP contribution in [0, 0.1) is 11.3 Å². The van der Waals surface area contributed by atoms with Gasteiger partial charge in [-0.25, -0.2) is 4.79 Å². The van der Waals surface area contributed by atoms with Crippen LogP contribution < -0.4 is 9.64 Å². The van der Waals surface area contributed by atoms with Gasteiger partial charge in [0.1, 0.15) is 17.5 Å². The second kappa shape index (κ2) is 8.18. The number of carbonyl (C=O) groups is 1. The second-order valence-electron chi connectivity index (χ2n) is 6.77. The predicted molar refractivity (Wildman–Crippen MR) is 111 cm³/mol. The molecule has 0 saturated heterocycles. The summed E-state index contributed by atoms with van der Waals surface area (Å²) in [6.07, 6.45) is -0.723. The number of ether oxygens (including phenoxy) is 2. The van der Waals surface area contributed by atoms with Crippen LogP contribution in [-0.2, 0) is 4.74 Å². The molecule has 6 nitrogen and oxygen atoms in total. The Bertz CT molecular complexity index is 1100. The molecule has 1 heterocycles. The molecule has 0 saturated carbocycles. The smallest absolute Gasteiger partial charge is 0.338 e. The molecule has 0 aliphatic carbocycles. The van der Waals surface area contributed by atoms with E-state index in [9.17, 15) is 15.2 Å². The fourth-order valence-electron chi connectivity index (χ4n) is 3.59. The average molecular weight is 400 g/mol. The molecular weight excluding hydrogens is 380 g/mol. The Kier molecular flexibility index (Phi) is 5.27. The van der Waals surface area contributed by atoms with E-state index in [2.05, 4.69) is 6.07 Å². The van der Waals surface area contributed by atoms with Crippen molar-refractivity contribution in [3.8, 4) is 17.6 Å². The molecule has 6 heteroatoms. The van der Waals surface area contributed by atoms with Crippen molar-refractivity contribution >= 4 is 11.7 Å². The fraction of sp³-hybridized carbons (Fsp3) is 0.167. The summed E-state index contributed by atoms with van der Waals surface area (Å²) < 4.78 is 11.3. The first-order chi connectivity index (χ1) is 14.6. The number of esters is 1. The SMILES string of the molecule is CCOC(=O)c1ccc(N2C(C#N)c3ccccc3OC2c2ccccc2O)cc1. The lowest BCUT2D eigenvalue weighted by molar-refractivity contribution is 0.0526. The minimum atomic E-state index is -0.723. The highest BCUT2D eigenvalue weighted by molar-refractivity contribution is 5.89. The van der Waals surface area contributed by atoms with Gasteiger partial charge in [-0.2, -0.15) is 5.26 Å². The van der Waals surface area contributed by atoms with Crippen molar-refractivity contribution in [2.45, 2.75) is 19.2 Å². The largest absolute Gasteiger partial charge is 0.507 e. The minimum Gasteiger partial charge on any atom is -0.507 e. The van der Waals surface area contributed by atoms with E-state index in [1.54, 1.807) is 54.3 Å². The Morgan fingerprint density at radius 1 is 1.07 bits per heavy atom. The highest BCUT2D eigenvalue weighted by Crippen LogP contribution is 2.46. The van der Waals surface area contributed by atoms with Crippen LogP contribution in [0.4, 0.5) is 5.69 Å². The highest BCUT2D eigenvalue weighted by Gasteiger charge is 2.38. The zero-order valence-electron chi connectivity index (χ0n) is 16.4. The van der Waals surface area contributed by atoms with Gasteiger partial charge in [-0.15, -0.1) is 0 Å². The predicted octanol–water partition coefficient (Wildman–Crippen LogP) is 4.73. The Balaban J connectivity index is 1.82. The molecule has 30 heavy (non-hydrogen) atoms. The van der Waals surface area contributed by atoms with E-state index in [1.165, 1.54) is 0 Å². The van der Waals surface area contributed by atoms with Crippen LogP contribution in [0.2, 0.25) is 0 Å². The van der Waals surface area contributed by atoms with Gasteiger partial charge in [-0.1, -0.05) is 30.3 Å². The van der Waals surface area contributed by atoms with Crippen molar-refractivity contribution < 1.29 is 19.4 Å². The van der Waals surface area contributed by atoms with Crippen LogP contribution in [0.25, 0.3) is 0 Å². The van der Waals surface area contributed by atoms with Crippen molar-refractivity contribution in [2.75, 3.05) is 11.5 Å². The van der Waals surface area contributed by atoms with E-state index in [4.69, 9.17) is 9.47 Å². The van der Waals surface area contributed by atoms with Crippen LogP contribution in [-0.4, -0.2) is 17.7 Å². The zero-order chi connectivity index (χ0) is 21.1. The molecule has 0 radical (unpaired) electrons. The molecular formula is C24H20N2O4. The maximum Gasteiger partial charge on any atom is 0.338 e. The summed E-state index contributed by atoms with van der Waals surface area (Å²) in [4.78, 5) is 13.8. The monoisotopic (exact) mass is 400 g/mol. The third-order valence-electron chi connectivity index (χ3n) is 4.98. The van der Waals surface area contributed by atoms with E-state index in [1.807, 2.05) is 30.3 Å². The van der Waals surface area contributed by atoms with Crippen LogP contribution in [0.3, 0.4) is 0 Å². The first-order valence-electron chi connectivity index (χ1n) is 9.62. The molecule has 4 rings (SSSR count). The molecule has 3 aromatic carbocycles. The number of benzene rings is 3. The standard InChI is InChI=1S/C24H20N2O4/c1-2-29-24(28)16-11-13-17(14-12-16)26-20(15-25)18-7-4-6-10-22(18)30-23(26)19-8-3-5-9-21(19)27/h3-14,20,23,27H,2H2,1H3. The van der Waals surface area contributed by atoms with Gasteiger partial charge in [-0.05, 0) is 49.4 Å². The molecule has 0 aromatic heterocycles. The van der Waals surface area contributed by atoms with Gasteiger partial charge in [0.15, 0.2) is 0 Å². The summed E-state index contributed by atoms with van der Waals surface area (Å²) >= 11 is 0. The maximum absolute atomic E-state index is 12.0. The second-order valence-corrected chi connectivity index (χ2v) is 6.77. The minimum absolute atomic E-state index is 0.0757. The van der Waals surface area contributed by atoms with Gasteiger partial charge in [0, 0.05) is 11.3 Å². The molecule has 1 aliphatic heterocycles. The first kappa shape index (κ1) is 19.3. The van der Waals surface area contributed by atoms with Crippen LogP contribution in [0.1, 0.15) is 40.7 Å². The van der Waals surface area contributed by atoms with Crippen LogP contribution in [0.15, 0.2) is 72.8 Å². The van der Waals surface area contributed by atoms with E-state index in [-0.39, 0.29) is 5.75 Å². The molecule has 0 amide bonds. The number of carbonyl (C=O) groups excluding carboxylic acids is 1. The number of nitriles is 1. The molecule has 150 valence electrons. The lowest BCUT2D eigenvalue weighted by atomic mass is 9.99. The number of hydrogen-bond acceptors (Lipinski definition) is 6. The van der Waals surface area contributed by atoms with Crippen molar-refractivity contribution in [3.05, 3.63) is 89.5 Å². The number of nitrogens with zero attached hydrogens (tertiary/aromatic N) is 2. The normalized spacial score (nSPS) is 17.4. The molecule has 0 bridgehead atoms. The Morgan fingerprint density at radius 3 is 2.40 bits per heavy atom. The molecule has 1 aliphatic rings. The van der Waals surface area contributed by atoms with E-state index in [0.29, 0.717) is 29.2 Å². The number of phenols is 1. The first-order valence-corrected chi connectivity index (χ1v) is 9.62. The van der Waals surface area contributed by atoms with Gasteiger partial charge >= 0.3 is 5.97 Å². The third kappa shape index (κ3) is 3.42. The van der Waals surface area contributed by atoms with Gasteiger partial charge < -0.3 is 19.5 Å². The average Bonchev–Trinajstić information content (AvgIpc) is 2.78. The number of anilines is 1. The van der Waals surface area contributed by atoms with Gasteiger partial charge in [-0.3, -0.25) is 0 Å². The van der Waals surface area contributed by atoms with E-state index in [0.717, 1.165) is 5.56 Å². The highest BCUT2D eigenvalue weighted by atomic mass is 16.5. The van der Waals surface area contributed by atoms with Crippen molar-refractivity contribution in [2.24, 2.45) is 0 Å². The fourth-order valence-corrected chi connectivity index (χ4v) is 3.59. The summed E-state index contributed by atoms with van der Waals surface area (Å²) in [6, 6.07) is 22.8. The number of aromatic hydroxyl groups is 1. The number of para-hydroxylation sites is 2. The molecule has 2 atom stereocenters. The lowest BCUT2D eigenvalue weighted by Gasteiger charge is -2.41. The Labute approximate surface area is 174 Å². The number of phenolic OH excluding ortho intramolecular Hbond substituents is 1. The zero-order valence-corrected chi connectivity index (χ0v) is 16.4.